The molecule has 0 aromatic heterocycles. The summed E-state index contributed by atoms with van der Waals surface area (Å²) in [6.07, 6.45) is 0.851. The molecule has 104 valence electrons. The van der Waals surface area contributed by atoms with E-state index >= 15 is 0 Å². The minimum atomic E-state index is -3.61. The van der Waals surface area contributed by atoms with Crippen LogP contribution in [0.5, 0.6) is 0 Å². The van der Waals surface area contributed by atoms with Gasteiger partial charge >= 0.3 is 0 Å². The standard InChI is InChI=1S/C11H12Br2N2O3S/c12-7-1-3-9(13)10(5-7)19(17,18)15-8-2-4-11(16)14-6-8/h1,3,5,8,15H,2,4,6H2,(H,14,16). The fourth-order valence-corrected chi connectivity index (χ4v) is 4.57. The molecule has 2 rings (SSSR count). The van der Waals surface area contributed by atoms with Crippen molar-refractivity contribution < 1.29 is 13.2 Å². The third-order valence-electron chi connectivity index (χ3n) is 2.77. The molecule has 8 heteroatoms. The highest BCUT2D eigenvalue weighted by Crippen LogP contribution is 2.26. The van der Waals surface area contributed by atoms with Gasteiger partial charge in [0.25, 0.3) is 0 Å². The van der Waals surface area contributed by atoms with E-state index in [2.05, 4.69) is 41.9 Å². The van der Waals surface area contributed by atoms with E-state index in [1.165, 1.54) is 6.07 Å². The van der Waals surface area contributed by atoms with Gasteiger partial charge < -0.3 is 5.32 Å². The molecule has 5 nitrogen and oxygen atoms in total. The number of halogens is 2. The molecule has 19 heavy (non-hydrogen) atoms. The summed E-state index contributed by atoms with van der Waals surface area (Å²) in [7, 11) is -3.61. The number of rotatable bonds is 3. The lowest BCUT2D eigenvalue weighted by Crippen LogP contribution is -2.47. The lowest BCUT2D eigenvalue weighted by Gasteiger charge is -2.23. The van der Waals surface area contributed by atoms with Crippen molar-refractivity contribution in [2.24, 2.45) is 0 Å². The SMILES string of the molecule is O=C1CCC(NS(=O)(=O)c2cc(Br)ccc2Br)CN1. The fraction of sp³-hybridized carbons (Fsp3) is 0.364. The van der Waals surface area contributed by atoms with Crippen LogP contribution in [0.25, 0.3) is 0 Å². The number of carbonyl (C=O) groups excluding carboxylic acids is 1. The normalized spacial score (nSPS) is 20.1. The topological polar surface area (TPSA) is 75.3 Å². The average molecular weight is 412 g/mol. The molecule has 1 amide bonds. The van der Waals surface area contributed by atoms with Crippen LogP contribution in [-0.4, -0.2) is 26.9 Å². The van der Waals surface area contributed by atoms with E-state index in [4.69, 9.17) is 0 Å². The van der Waals surface area contributed by atoms with Gasteiger partial charge in [-0.05, 0) is 40.5 Å². The second-order valence-electron chi connectivity index (χ2n) is 4.24. The van der Waals surface area contributed by atoms with Gasteiger partial charge in [-0.3, -0.25) is 4.79 Å². The maximum atomic E-state index is 12.3. The zero-order valence-electron chi connectivity index (χ0n) is 9.82. The maximum absolute atomic E-state index is 12.3. The number of hydrogen-bond acceptors (Lipinski definition) is 3. The smallest absolute Gasteiger partial charge is 0.242 e. The Morgan fingerprint density at radius 1 is 1.32 bits per heavy atom. The number of carbonyl (C=O) groups is 1. The van der Waals surface area contributed by atoms with E-state index in [0.717, 1.165) is 0 Å². The molecule has 1 saturated heterocycles. The lowest BCUT2D eigenvalue weighted by atomic mass is 10.1. The molecule has 0 spiro atoms. The summed E-state index contributed by atoms with van der Waals surface area (Å²) in [5.74, 6) is -0.0425. The van der Waals surface area contributed by atoms with Crippen molar-refractivity contribution in [3.63, 3.8) is 0 Å². The average Bonchev–Trinajstić information content (AvgIpc) is 2.35. The van der Waals surface area contributed by atoms with Crippen molar-refractivity contribution in [1.29, 1.82) is 0 Å². The van der Waals surface area contributed by atoms with Crippen molar-refractivity contribution in [1.82, 2.24) is 10.0 Å². The fourth-order valence-electron chi connectivity index (χ4n) is 1.80. The molecule has 2 N–H and O–H groups in total. The van der Waals surface area contributed by atoms with Crippen molar-refractivity contribution in [2.75, 3.05) is 6.54 Å². The third-order valence-corrected chi connectivity index (χ3v) is 5.78. The van der Waals surface area contributed by atoms with Crippen molar-refractivity contribution in [2.45, 2.75) is 23.8 Å². The zero-order valence-corrected chi connectivity index (χ0v) is 13.8. The van der Waals surface area contributed by atoms with Crippen LogP contribution in [0, 0.1) is 0 Å². The molecule has 1 fully saturated rings. The quantitative estimate of drug-likeness (QED) is 0.795. The van der Waals surface area contributed by atoms with Gasteiger partial charge in [-0.25, -0.2) is 13.1 Å². The second-order valence-corrected chi connectivity index (χ2v) is 7.69. The summed E-state index contributed by atoms with van der Waals surface area (Å²) in [6, 6.07) is 4.69. The Morgan fingerprint density at radius 2 is 2.05 bits per heavy atom. The molecule has 0 bridgehead atoms. The van der Waals surface area contributed by atoms with Crippen LogP contribution in [-0.2, 0) is 14.8 Å². The monoisotopic (exact) mass is 410 g/mol. The molecule has 1 aliphatic heterocycles. The van der Waals surface area contributed by atoms with Crippen LogP contribution in [0.3, 0.4) is 0 Å². The van der Waals surface area contributed by atoms with E-state index in [9.17, 15) is 13.2 Å². The number of piperidine rings is 1. The first-order valence-electron chi connectivity index (χ1n) is 5.62. The van der Waals surface area contributed by atoms with Crippen molar-refractivity contribution >= 4 is 47.8 Å². The number of sulfonamides is 1. The van der Waals surface area contributed by atoms with Crippen molar-refractivity contribution in [3.8, 4) is 0 Å². The van der Waals surface area contributed by atoms with Crippen LogP contribution in [0.2, 0.25) is 0 Å². The van der Waals surface area contributed by atoms with Gasteiger partial charge in [0.1, 0.15) is 0 Å². The van der Waals surface area contributed by atoms with Crippen LogP contribution in [0.4, 0.5) is 0 Å². The summed E-state index contributed by atoms with van der Waals surface area (Å²) >= 11 is 6.48. The van der Waals surface area contributed by atoms with E-state index < -0.39 is 10.0 Å². The molecular formula is C11H12Br2N2O3S. The maximum Gasteiger partial charge on any atom is 0.242 e. The first kappa shape index (κ1) is 15.0. The predicted molar refractivity (Wildman–Crippen MR) is 78.2 cm³/mol. The summed E-state index contributed by atoms with van der Waals surface area (Å²) in [5.41, 5.74) is 0. The number of benzene rings is 1. The van der Waals surface area contributed by atoms with Crippen LogP contribution in [0.1, 0.15) is 12.8 Å². The number of amides is 1. The summed E-state index contributed by atoms with van der Waals surface area (Å²) in [4.78, 5) is 11.2. The predicted octanol–water partition coefficient (Wildman–Crippen LogP) is 1.77. The highest BCUT2D eigenvalue weighted by Gasteiger charge is 2.25. The van der Waals surface area contributed by atoms with Gasteiger partial charge in [0.05, 0.1) is 4.90 Å². The summed E-state index contributed by atoms with van der Waals surface area (Å²) < 4.78 is 28.4. The highest BCUT2D eigenvalue weighted by atomic mass is 79.9. The Balaban J connectivity index is 2.18. The van der Waals surface area contributed by atoms with Crippen LogP contribution < -0.4 is 10.0 Å². The Kier molecular flexibility index (Phi) is 4.65. The first-order chi connectivity index (χ1) is 8.88. The molecule has 1 atom stereocenters. The molecule has 1 heterocycles. The Morgan fingerprint density at radius 3 is 2.68 bits per heavy atom. The van der Waals surface area contributed by atoms with Gasteiger partial charge in [-0.15, -0.1) is 0 Å². The minimum Gasteiger partial charge on any atom is -0.355 e. The Labute approximate surface area is 128 Å². The van der Waals surface area contributed by atoms with E-state index in [0.29, 0.717) is 28.3 Å². The van der Waals surface area contributed by atoms with Crippen LogP contribution in [0.15, 0.2) is 32.0 Å². The van der Waals surface area contributed by atoms with Gasteiger partial charge in [0, 0.05) is 28.0 Å². The van der Waals surface area contributed by atoms with Gasteiger partial charge in [-0.2, -0.15) is 0 Å². The molecule has 1 aliphatic rings. The highest BCUT2D eigenvalue weighted by molar-refractivity contribution is 9.11. The zero-order chi connectivity index (χ0) is 14.0. The minimum absolute atomic E-state index is 0.0425. The molecule has 1 unspecified atom stereocenters. The van der Waals surface area contributed by atoms with Gasteiger partial charge in [0.15, 0.2) is 0 Å². The third kappa shape index (κ3) is 3.77. The molecule has 0 aliphatic carbocycles. The molecule has 1 aromatic carbocycles. The molecule has 1 aromatic rings. The molecule has 0 radical (unpaired) electrons. The lowest BCUT2D eigenvalue weighted by molar-refractivity contribution is -0.122. The van der Waals surface area contributed by atoms with Gasteiger partial charge in [0.2, 0.25) is 15.9 Å². The largest absolute Gasteiger partial charge is 0.355 e. The number of nitrogens with one attached hydrogen (secondary N) is 2. The van der Waals surface area contributed by atoms with Gasteiger partial charge in [-0.1, -0.05) is 15.9 Å². The Hall–Kier alpha value is -0.440. The van der Waals surface area contributed by atoms with E-state index in [1.54, 1.807) is 12.1 Å². The molecule has 0 saturated carbocycles. The summed E-state index contributed by atoms with van der Waals surface area (Å²) in [5, 5.41) is 2.65. The van der Waals surface area contributed by atoms with E-state index in [-0.39, 0.29) is 16.8 Å². The Bertz CT molecular complexity index is 594. The van der Waals surface area contributed by atoms with Crippen molar-refractivity contribution in [3.05, 3.63) is 27.1 Å². The van der Waals surface area contributed by atoms with Crippen LogP contribution >= 0.6 is 31.9 Å². The number of hydrogen-bond donors (Lipinski definition) is 2. The molecular weight excluding hydrogens is 400 g/mol. The second kappa shape index (κ2) is 5.90. The summed E-state index contributed by atoms with van der Waals surface area (Å²) in [6.45, 7) is 0.323. The first-order valence-corrected chi connectivity index (χ1v) is 8.69. The van der Waals surface area contributed by atoms with E-state index in [1.807, 2.05) is 0 Å².